The van der Waals surface area contributed by atoms with Crippen molar-refractivity contribution in [3.05, 3.63) is 28.8 Å². The van der Waals surface area contributed by atoms with Crippen molar-refractivity contribution in [2.75, 3.05) is 14.2 Å². The lowest BCUT2D eigenvalue weighted by Gasteiger charge is -2.15. The Morgan fingerprint density at radius 2 is 2.15 bits per heavy atom. The second kappa shape index (κ2) is 5.42. The number of aromatic nitrogens is 1. The molecule has 1 aromatic carbocycles. The average Bonchev–Trinajstić information content (AvgIpc) is 2.92. The molecule has 5 heteroatoms. The monoisotopic (exact) mass is 290 g/mol. The molecule has 0 aliphatic heterocycles. The van der Waals surface area contributed by atoms with Crippen molar-refractivity contribution in [1.82, 2.24) is 4.98 Å². The standard InChI is InChI=1S/C15H18N2O2S/c1-18-9-6-7-10(13(8-9)19-2)15-17-12-5-3-4-11(16)14(12)20-15/h6-8,11H,3-5,16H2,1-2H3. The minimum Gasteiger partial charge on any atom is -0.497 e. The molecular weight excluding hydrogens is 272 g/mol. The van der Waals surface area contributed by atoms with Gasteiger partial charge in [-0.3, -0.25) is 0 Å². The molecule has 0 radical (unpaired) electrons. The Balaban J connectivity index is 2.05. The first-order chi connectivity index (χ1) is 9.72. The van der Waals surface area contributed by atoms with Crippen LogP contribution in [0.4, 0.5) is 0 Å². The number of hydrogen-bond donors (Lipinski definition) is 1. The smallest absolute Gasteiger partial charge is 0.132 e. The second-order valence-electron chi connectivity index (χ2n) is 4.89. The molecular formula is C15H18N2O2S. The number of benzene rings is 1. The van der Waals surface area contributed by atoms with Gasteiger partial charge in [0.15, 0.2) is 0 Å². The number of thiazole rings is 1. The van der Waals surface area contributed by atoms with Gasteiger partial charge in [-0.05, 0) is 31.4 Å². The zero-order chi connectivity index (χ0) is 14.1. The van der Waals surface area contributed by atoms with Gasteiger partial charge in [-0.2, -0.15) is 0 Å². The number of ether oxygens (including phenoxy) is 2. The molecule has 2 aromatic rings. The van der Waals surface area contributed by atoms with Gasteiger partial charge in [0.2, 0.25) is 0 Å². The number of fused-ring (bicyclic) bond motifs is 1. The lowest BCUT2D eigenvalue weighted by Crippen LogP contribution is -2.15. The van der Waals surface area contributed by atoms with Crippen LogP contribution in [0.25, 0.3) is 10.6 Å². The van der Waals surface area contributed by atoms with Gasteiger partial charge >= 0.3 is 0 Å². The predicted molar refractivity (Wildman–Crippen MR) is 80.5 cm³/mol. The summed E-state index contributed by atoms with van der Waals surface area (Å²) >= 11 is 1.68. The van der Waals surface area contributed by atoms with E-state index in [1.165, 1.54) is 4.88 Å². The van der Waals surface area contributed by atoms with Gasteiger partial charge in [0.05, 0.1) is 25.5 Å². The Morgan fingerprint density at radius 1 is 1.30 bits per heavy atom. The van der Waals surface area contributed by atoms with Crippen LogP contribution in [0.5, 0.6) is 11.5 Å². The van der Waals surface area contributed by atoms with E-state index in [0.29, 0.717) is 0 Å². The highest BCUT2D eigenvalue weighted by molar-refractivity contribution is 7.15. The fourth-order valence-electron chi connectivity index (χ4n) is 2.54. The van der Waals surface area contributed by atoms with Gasteiger partial charge in [0.1, 0.15) is 16.5 Å². The summed E-state index contributed by atoms with van der Waals surface area (Å²) in [6.45, 7) is 0. The van der Waals surface area contributed by atoms with Crippen molar-refractivity contribution < 1.29 is 9.47 Å². The maximum absolute atomic E-state index is 6.17. The van der Waals surface area contributed by atoms with Crippen LogP contribution < -0.4 is 15.2 Å². The highest BCUT2D eigenvalue weighted by Crippen LogP contribution is 2.40. The molecule has 1 atom stereocenters. The van der Waals surface area contributed by atoms with E-state index in [-0.39, 0.29) is 6.04 Å². The van der Waals surface area contributed by atoms with Crippen LogP contribution in [0.3, 0.4) is 0 Å². The summed E-state index contributed by atoms with van der Waals surface area (Å²) in [6.07, 6.45) is 3.20. The predicted octanol–water partition coefficient (Wildman–Crippen LogP) is 3.16. The first kappa shape index (κ1) is 13.4. The maximum atomic E-state index is 6.17. The highest BCUT2D eigenvalue weighted by Gasteiger charge is 2.23. The molecule has 0 fully saturated rings. The van der Waals surface area contributed by atoms with Crippen molar-refractivity contribution in [3.8, 4) is 22.1 Å². The number of methoxy groups -OCH3 is 2. The maximum Gasteiger partial charge on any atom is 0.132 e. The van der Waals surface area contributed by atoms with Crippen LogP contribution in [0.1, 0.15) is 29.5 Å². The first-order valence-electron chi connectivity index (χ1n) is 6.70. The molecule has 2 N–H and O–H groups in total. The summed E-state index contributed by atoms with van der Waals surface area (Å²) in [4.78, 5) is 5.98. The van der Waals surface area contributed by atoms with Crippen molar-refractivity contribution >= 4 is 11.3 Å². The van der Waals surface area contributed by atoms with Gasteiger partial charge in [-0.15, -0.1) is 11.3 Å². The van der Waals surface area contributed by atoms with Crippen LogP contribution >= 0.6 is 11.3 Å². The van der Waals surface area contributed by atoms with Gasteiger partial charge < -0.3 is 15.2 Å². The molecule has 3 rings (SSSR count). The molecule has 4 nitrogen and oxygen atoms in total. The normalized spacial score (nSPS) is 17.6. The van der Waals surface area contributed by atoms with E-state index in [0.717, 1.165) is 47.0 Å². The van der Waals surface area contributed by atoms with E-state index in [2.05, 4.69) is 0 Å². The largest absolute Gasteiger partial charge is 0.497 e. The van der Waals surface area contributed by atoms with E-state index in [1.54, 1.807) is 25.6 Å². The zero-order valence-corrected chi connectivity index (χ0v) is 12.5. The van der Waals surface area contributed by atoms with Crippen molar-refractivity contribution in [1.29, 1.82) is 0 Å². The Kier molecular flexibility index (Phi) is 3.63. The number of nitrogens with two attached hydrogens (primary N) is 1. The molecule has 1 unspecified atom stereocenters. The summed E-state index contributed by atoms with van der Waals surface area (Å²) in [6, 6.07) is 5.94. The molecule has 1 aromatic heterocycles. The zero-order valence-electron chi connectivity index (χ0n) is 11.7. The van der Waals surface area contributed by atoms with Gasteiger partial charge in [0, 0.05) is 17.0 Å². The number of hydrogen-bond acceptors (Lipinski definition) is 5. The minimum atomic E-state index is 0.134. The van der Waals surface area contributed by atoms with Crippen LogP contribution in [0, 0.1) is 0 Å². The van der Waals surface area contributed by atoms with Crippen molar-refractivity contribution in [2.45, 2.75) is 25.3 Å². The third-order valence-electron chi connectivity index (χ3n) is 3.63. The van der Waals surface area contributed by atoms with E-state index < -0.39 is 0 Å². The molecule has 1 heterocycles. The lowest BCUT2D eigenvalue weighted by molar-refractivity contribution is 0.395. The third-order valence-corrected chi connectivity index (χ3v) is 4.89. The molecule has 0 bridgehead atoms. The van der Waals surface area contributed by atoms with E-state index in [4.69, 9.17) is 20.2 Å². The van der Waals surface area contributed by atoms with E-state index in [1.807, 2.05) is 18.2 Å². The summed E-state index contributed by atoms with van der Waals surface area (Å²) < 4.78 is 10.7. The SMILES string of the molecule is COc1ccc(-c2nc3c(s2)C(N)CCC3)c(OC)c1. The highest BCUT2D eigenvalue weighted by atomic mass is 32.1. The number of aryl methyl sites for hydroxylation is 1. The Bertz CT molecular complexity index is 624. The molecule has 0 amide bonds. The molecule has 106 valence electrons. The summed E-state index contributed by atoms with van der Waals surface area (Å²) in [5.41, 5.74) is 8.33. The lowest BCUT2D eigenvalue weighted by atomic mass is 9.99. The molecule has 1 aliphatic carbocycles. The summed E-state index contributed by atoms with van der Waals surface area (Å²) in [5.74, 6) is 1.56. The van der Waals surface area contributed by atoms with Crippen LogP contribution in [0.2, 0.25) is 0 Å². The number of rotatable bonds is 3. The molecule has 0 saturated carbocycles. The average molecular weight is 290 g/mol. The van der Waals surface area contributed by atoms with Crippen LogP contribution in [-0.4, -0.2) is 19.2 Å². The summed E-state index contributed by atoms with van der Waals surface area (Å²) in [7, 11) is 3.31. The minimum absolute atomic E-state index is 0.134. The quantitative estimate of drug-likeness (QED) is 0.943. The summed E-state index contributed by atoms with van der Waals surface area (Å²) in [5, 5.41) is 0.979. The van der Waals surface area contributed by atoms with Crippen LogP contribution in [-0.2, 0) is 6.42 Å². The Labute approximate surface area is 122 Å². The van der Waals surface area contributed by atoms with Gasteiger partial charge in [0.25, 0.3) is 0 Å². The Hall–Kier alpha value is -1.59. The van der Waals surface area contributed by atoms with Crippen molar-refractivity contribution in [2.24, 2.45) is 5.73 Å². The van der Waals surface area contributed by atoms with E-state index >= 15 is 0 Å². The number of nitrogens with zero attached hydrogens (tertiary/aromatic N) is 1. The molecule has 20 heavy (non-hydrogen) atoms. The molecule has 0 spiro atoms. The van der Waals surface area contributed by atoms with Gasteiger partial charge in [-0.1, -0.05) is 0 Å². The topological polar surface area (TPSA) is 57.4 Å². The third kappa shape index (κ3) is 2.27. The second-order valence-corrected chi connectivity index (χ2v) is 5.93. The first-order valence-corrected chi connectivity index (χ1v) is 7.52. The fourth-order valence-corrected chi connectivity index (χ4v) is 3.72. The molecule has 1 aliphatic rings. The van der Waals surface area contributed by atoms with Crippen molar-refractivity contribution in [3.63, 3.8) is 0 Å². The van der Waals surface area contributed by atoms with E-state index in [9.17, 15) is 0 Å². The molecule has 0 saturated heterocycles. The van der Waals surface area contributed by atoms with Gasteiger partial charge in [-0.25, -0.2) is 4.98 Å². The Morgan fingerprint density at radius 3 is 2.85 bits per heavy atom. The fraction of sp³-hybridized carbons (Fsp3) is 0.400. The van der Waals surface area contributed by atoms with Crippen LogP contribution in [0.15, 0.2) is 18.2 Å².